The third-order valence-corrected chi connectivity index (χ3v) is 6.44. The summed E-state index contributed by atoms with van der Waals surface area (Å²) in [6.07, 6.45) is 6.25. The molecule has 1 amide bonds. The Morgan fingerprint density at radius 1 is 1.13 bits per heavy atom. The van der Waals surface area contributed by atoms with Crippen molar-refractivity contribution >= 4 is 22.6 Å². The molecular weight excluding hydrogens is 390 g/mol. The van der Waals surface area contributed by atoms with Gasteiger partial charge in [0.05, 0.1) is 23.4 Å². The minimum atomic E-state index is 0.0661. The van der Waals surface area contributed by atoms with E-state index in [-0.39, 0.29) is 11.8 Å². The number of piperidine rings is 1. The smallest absolute Gasteiger partial charge is 0.253 e. The molecule has 0 atom stereocenters. The third kappa shape index (κ3) is 3.69. The van der Waals surface area contributed by atoms with Crippen LogP contribution in [0.15, 0.2) is 36.8 Å². The first kappa shape index (κ1) is 19.7. The number of pyridine rings is 1. The number of hydrogen-bond donors (Lipinski definition) is 0. The molecule has 0 unspecified atom stereocenters. The summed E-state index contributed by atoms with van der Waals surface area (Å²) >= 11 is 0. The maximum atomic E-state index is 13.1. The van der Waals surface area contributed by atoms with E-state index in [0.29, 0.717) is 25.3 Å². The Hall–Kier alpha value is -3.22. The minimum absolute atomic E-state index is 0.0661. The van der Waals surface area contributed by atoms with Crippen LogP contribution in [0.1, 0.15) is 47.3 Å². The van der Waals surface area contributed by atoms with Gasteiger partial charge in [0.25, 0.3) is 5.91 Å². The molecule has 0 aliphatic carbocycles. The number of fused-ring (bicyclic) bond motifs is 2. The number of ether oxygens (including phenoxy) is 1. The fraction of sp³-hybridized carbons (Fsp3) is 0.417. The van der Waals surface area contributed by atoms with E-state index in [9.17, 15) is 4.79 Å². The Morgan fingerprint density at radius 2 is 1.97 bits per heavy atom. The number of carbonyl (C=O) groups excluding carboxylic acids is 1. The van der Waals surface area contributed by atoms with Gasteiger partial charge in [-0.05, 0) is 49.1 Å². The third-order valence-electron chi connectivity index (χ3n) is 6.44. The molecule has 1 aromatic carbocycles. The van der Waals surface area contributed by atoms with Gasteiger partial charge in [0, 0.05) is 37.8 Å². The Kier molecular flexibility index (Phi) is 5.18. The lowest BCUT2D eigenvalue weighted by molar-refractivity contribution is 0.0712. The van der Waals surface area contributed by atoms with Crippen molar-refractivity contribution in [2.75, 3.05) is 38.2 Å². The van der Waals surface area contributed by atoms with Crippen LogP contribution in [-0.4, -0.2) is 59.0 Å². The van der Waals surface area contributed by atoms with Crippen molar-refractivity contribution in [1.29, 1.82) is 0 Å². The van der Waals surface area contributed by atoms with Gasteiger partial charge in [-0.1, -0.05) is 6.92 Å². The van der Waals surface area contributed by atoms with Crippen molar-refractivity contribution in [2.45, 2.75) is 32.1 Å². The van der Waals surface area contributed by atoms with E-state index in [1.165, 1.54) is 5.56 Å². The summed E-state index contributed by atoms with van der Waals surface area (Å²) in [7, 11) is 2.04. The van der Waals surface area contributed by atoms with Gasteiger partial charge in [-0.15, -0.1) is 0 Å². The van der Waals surface area contributed by atoms with E-state index < -0.39 is 0 Å². The Balaban J connectivity index is 1.31. The zero-order valence-corrected chi connectivity index (χ0v) is 18.0. The molecule has 160 valence electrons. The zero-order valence-electron chi connectivity index (χ0n) is 18.0. The fourth-order valence-electron chi connectivity index (χ4n) is 4.53. The van der Waals surface area contributed by atoms with Crippen molar-refractivity contribution in [3.63, 3.8) is 0 Å². The number of aryl methyl sites for hydroxylation is 1. The average molecular weight is 418 g/mol. The Morgan fingerprint density at radius 3 is 2.77 bits per heavy atom. The van der Waals surface area contributed by atoms with Gasteiger partial charge in [0.1, 0.15) is 24.2 Å². The van der Waals surface area contributed by atoms with E-state index in [4.69, 9.17) is 4.74 Å². The second-order valence-electron chi connectivity index (χ2n) is 8.34. The van der Waals surface area contributed by atoms with Crippen LogP contribution < -0.4 is 9.64 Å². The van der Waals surface area contributed by atoms with Crippen molar-refractivity contribution in [3.05, 3.63) is 53.6 Å². The largest absolute Gasteiger partial charge is 0.490 e. The molecule has 31 heavy (non-hydrogen) atoms. The second-order valence-corrected chi connectivity index (χ2v) is 8.34. The number of likely N-dealkylation sites (N-methyl/N-ethyl adjacent to an activating group) is 1. The van der Waals surface area contributed by atoms with Crippen LogP contribution in [0.5, 0.6) is 5.75 Å². The molecule has 7 heteroatoms. The molecule has 0 radical (unpaired) electrons. The fourth-order valence-corrected chi connectivity index (χ4v) is 4.53. The van der Waals surface area contributed by atoms with Crippen LogP contribution in [0.3, 0.4) is 0 Å². The number of amides is 1. The highest BCUT2D eigenvalue weighted by atomic mass is 16.5. The summed E-state index contributed by atoms with van der Waals surface area (Å²) in [5.41, 5.74) is 5.70. The summed E-state index contributed by atoms with van der Waals surface area (Å²) in [5.74, 6) is 1.14. The van der Waals surface area contributed by atoms with Crippen molar-refractivity contribution in [2.24, 2.45) is 0 Å². The summed E-state index contributed by atoms with van der Waals surface area (Å²) in [4.78, 5) is 30.8. The molecule has 3 aromatic rings. The molecule has 1 saturated heterocycles. The summed E-state index contributed by atoms with van der Waals surface area (Å²) in [6, 6.07) is 7.87. The first-order valence-corrected chi connectivity index (χ1v) is 11.0. The highest BCUT2D eigenvalue weighted by molar-refractivity contribution is 5.95. The van der Waals surface area contributed by atoms with E-state index in [2.05, 4.69) is 32.8 Å². The lowest BCUT2D eigenvalue weighted by Gasteiger charge is -2.32. The van der Waals surface area contributed by atoms with Crippen LogP contribution in [-0.2, 0) is 6.42 Å². The van der Waals surface area contributed by atoms with Gasteiger partial charge in [-0.25, -0.2) is 9.97 Å². The average Bonchev–Trinajstić information content (AvgIpc) is 2.83. The second kappa shape index (κ2) is 8.13. The predicted octanol–water partition coefficient (Wildman–Crippen LogP) is 3.44. The predicted molar refractivity (Wildman–Crippen MR) is 120 cm³/mol. The molecule has 0 N–H and O–H groups in total. The number of benzene rings is 1. The number of hydrogen-bond acceptors (Lipinski definition) is 6. The first-order valence-electron chi connectivity index (χ1n) is 11.0. The number of anilines is 1. The molecule has 0 saturated carbocycles. The monoisotopic (exact) mass is 417 g/mol. The quantitative estimate of drug-likeness (QED) is 0.650. The van der Waals surface area contributed by atoms with Crippen LogP contribution in [0.2, 0.25) is 0 Å². The molecule has 2 aliphatic rings. The van der Waals surface area contributed by atoms with Gasteiger partial charge >= 0.3 is 0 Å². The summed E-state index contributed by atoms with van der Waals surface area (Å²) < 4.78 is 5.77. The van der Waals surface area contributed by atoms with Crippen molar-refractivity contribution < 1.29 is 9.53 Å². The highest BCUT2D eigenvalue weighted by Gasteiger charge is 2.28. The molecule has 0 spiro atoms. The van der Waals surface area contributed by atoms with Gasteiger partial charge in [0.2, 0.25) is 0 Å². The molecule has 1 fully saturated rings. The first-order chi connectivity index (χ1) is 15.1. The maximum Gasteiger partial charge on any atom is 0.253 e. The Bertz CT molecular complexity index is 1120. The van der Waals surface area contributed by atoms with Crippen molar-refractivity contribution in [3.8, 4) is 5.75 Å². The number of aromatic nitrogens is 3. The highest BCUT2D eigenvalue weighted by Crippen LogP contribution is 2.34. The van der Waals surface area contributed by atoms with Crippen LogP contribution in [0.25, 0.3) is 11.0 Å². The van der Waals surface area contributed by atoms with Gasteiger partial charge in [-0.3, -0.25) is 9.78 Å². The van der Waals surface area contributed by atoms with Gasteiger partial charge in [-0.2, -0.15) is 0 Å². The standard InChI is InChI=1S/C24H27N5O2/c1-3-16-12-19-23(25-14-16)22(27-15-26-19)17-6-8-29(9-7-17)24(30)18-4-5-20-21(13-18)31-11-10-28(20)2/h4-5,12-15,17H,3,6-11H2,1-2H3. The molecule has 7 nitrogen and oxygen atoms in total. The maximum absolute atomic E-state index is 13.1. The molecule has 4 heterocycles. The minimum Gasteiger partial charge on any atom is -0.490 e. The van der Waals surface area contributed by atoms with Gasteiger partial charge in [0.15, 0.2) is 0 Å². The number of nitrogens with zero attached hydrogens (tertiary/aromatic N) is 5. The summed E-state index contributed by atoms with van der Waals surface area (Å²) in [6.45, 7) is 5.04. The number of likely N-dealkylation sites (tertiary alicyclic amines) is 1. The number of rotatable bonds is 3. The van der Waals surface area contributed by atoms with Crippen LogP contribution in [0, 0.1) is 0 Å². The van der Waals surface area contributed by atoms with Crippen LogP contribution >= 0.6 is 0 Å². The summed E-state index contributed by atoms with van der Waals surface area (Å²) in [5, 5.41) is 0. The van der Waals surface area contributed by atoms with Crippen LogP contribution in [0.4, 0.5) is 5.69 Å². The van der Waals surface area contributed by atoms with Crippen molar-refractivity contribution in [1.82, 2.24) is 19.9 Å². The molecular formula is C24H27N5O2. The zero-order chi connectivity index (χ0) is 21.4. The van der Waals surface area contributed by atoms with E-state index in [1.807, 2.05) is 36.3 Å². The SMILES string of the molecule is CCc1cnc2c(C3CCN(C(=O)c4ccc5c(c4)OCCN5C)CC3)ncnc2c1. The van der Waals surface area contributed by atoms with Gasteiger partial charge < -0.3 is 14.5 Å². The molecule has 0 bridgehead atoms. The molecule has 2 aliphatic heterocycles. The number of carbonyl (C=O) groups is 1. The lowest BCUT2D eigenvalue weighted by Crippen LogP contribution is -2.38. The molecule has 2 aromatic heterocycles. The van der Waals surface area contributed by atoms with E-state index in [1.54, 1.807) is 6.33 Å². The normalized spacial score (nSPS) is 16.8. The molecule has 5 rings (SSSR count). The lowest BCUT2D eigenvalue weighted by atomic mass is 9.92. The van der Waals surface area contributed by atoms with E-state index in [0.717, 1.165) is 54.0 Å². The van der Waals surface area contributed by atoms with E-state index >= 15 is 0 Å². The topological polar surface area (TPSA) is 71.5 Å². The Labute approximate surface area is 182 Å².